The van der Waals surface area contributed by atoms with Crippen molar-refractivity contribution >= 4 is 0 Å². The van der Waals surface area contributed by atoms with Gasteiger partial charge in [0.15, 0.2) is 17.5 Å². The van der Waals surface area contributed by atoms with Crippen LogP contribution in [0.15, 0.2) is 12.1 Å². The summed E-state index contributed by atoms with van der Waals surface area (Å²) in [4.78, 5) is 0. The second-order valence-electron chi connectivity index (χ2n) is 2.66. The Bertz CT molecular complexity index is 315. The zero-order chi connectivity index (χ0) is 10.9. The first-order valence-corrected chi connectivity index (χ1v) is 3.61. The van der Waals surface area contributed by atoms with Crippen molar-refractivity contribution in [2.24, 2.45) is 5.73 Å². The normalized spacial score (nSPS) is 13.4. The zero-order valence-electron chi connectivity index (χ0n) is 6.78. The minimum atomic E-state index is -2.96. The lowest BCUT2D eigenvalue weighted by Crippen LogP contribution is -2.19. The first kappa shape index (κ1) is 10.9. The molecular formula is C8H6F5N. The van der Waals surface area contributed by atoms with Crippen LogP contribution in [0.4, 0.5) is 22.0 Å². The van der Waals surface area contributed by atoms with Gasteiger partial charge in [-0.25, -0.2) is 22.0 Å². The third kappa shape index (κ3) is 2.01. The molecule has 0 bridgehead atoms. The molecule has 0 heterocycles. The summed E-state index contributed by atoms with van der Waals surface area (Å²) in [5, 5.41) is 0. The predicted octanol–water partition coefficient (Wildman–Crippen LogP) is 2.37. The Hall–Kier alpha value is -1.17. The number of rotatable bonds is 2. The fourth-order valence-corrected chi connectivity index (χ4v) is 0.913. The molecule has 0 radical (unpaired) electrons. The Morgan fingerprint density at radius 3 is 1.79 bits per heavy atom. The van der Waals surface area contributed by atoms with Crippen molar-refractivity contribution in [1.29, 1.82) is 0 Å². The van der Waals surface area contributed by atoms with Crippen molar-refractivity contribution in [3.8, 4) is 0 Å². The van der Waals surface area contributed by atoms with E-state index in [1.165, 1.54) is 0 Å². The summed E-state index contributed by atoms with van der Waals surface area (Å²) in [5.41, 5.74) is 4.44. The number of benzene rings is 1. The molecular weight excluding hydrogens is 205 g/mol. The van der Waals surface area contributed by atoms with Crippen LogP contribution >= 0.6 is 0 Å². The van der Waals surface area contributed by atoms with Gasteiger partial charge in [-0.3, -0.25) is 0 Å². The molecule has 0 saturated heterocycles. The molecule has 1 atom stereocenters. The first-order valence-electron chi connectivity index (χ1n) is 3.61. The lowest BCUT2D eigenvalue weighted by Gasteiger charge is -2.10. The van der Waals surface area contributed by atoms with Crippen LogP contribution in [0, 0.1) is 17.5 Å². The van der Waals surface area contributed by atoms with Gasteiger partial charge >= 0.3 is 0 Å². The summed E-state index contributed by atoms with van der Waals surface area (Å²) < 4.78 is 61.5. The molecule has 0 aliphatic rings. The van der Waals surface area contributed by atoms with Crippen molar-refractivity contribution in [3.05, 3.63) is 35.1 Å². The van der Waals surface area contributed by atoms with E-state index < -0.39 is 35.5 Å². The quantitative estimate of drug-likeness (QED) is 0.589. The van der Waals surface area contributed by atoms with Gasteiger partial charge in [0.1, 0.15) is 0 Å². The number of hydrogen-bond donors (Lipinski definition) is 1. The van der Waals surface area contributed by atoms with Crippen LogP contribution in [0.2, 0.25) is 0 Å². The minimum Gasteiger partial charge on any atom is -0.319 e. The number of nitrogens with two attached hydrogens (primary N) is 1. The summed E-state index contributed by atoms with van der Waals surface area (Å²) in [6, 6.07) is -0.913. The Kier molecular flexibility index (Phi) is 3.05. The van der Waals surface area contributed by atoms with Crippen molar-refractivity contribution in [1.82, 2.24) is 0 Å². The monoisotopic (exact) mass is 211 g/mol. The van der Waals surface area contributed by atoms with Crippen LogP contribution in [0.5, 0.6) is 0 Å². The minimum absolute atomic E-state index is 0.454. The fraction of sp³-hybridized carbons (Fsp3) is 0.250. The van der Waals surface area contributed by atoms with E-state index >= 15 is 0 Å². The molecule has 0 aromatic heterocycles. The van der Waals surface area contributed by atoms with Crippen LogP contribution in [0.1, 0.15) is 11.6 Å². The SMILES string of the molecule is NC(c1cc(F)c(F)c(F)c1)C(F)F. The highest BCUT2D eigenvalue weighted by molar-refractivity contribution is 5.22. The molecule has 0 amide bonds. The maximum absolute atomic E-state index is 12.5. The molecule has 0 aliphatic heterocycles. The number of alkyl halides is 2. The third-order valence-electron chi connectivity index (χ3n) is 1.66. The van der Waals surface area contributed by atoms with Crippen molar-refractivity contribution in [2.75, 3.05) is 0 Å². The number of halogens is 5. The van der Waals surface area contributed by atoms with Crippen LogP contribution < -0.4 is 5.73 Å². The zero-order valence-corrected chi connectivity index (χ0v) is 6.78. The summed E-state index contributed by atoms with van der Waals surface area (Å²) in [5.74, 6) is -4.76. The van der Waals surface area contributed by atoms with E-state index in [-0.39, 0.29) is 0 Å². The molecule has 1 aromatic carbocycles. The molecule has 78 valence electrons. The van der Waals surface area contributed by atoms with Gasteiger partial charge in [0, 0.05) is 0 Å². The lowest BCUT2D eigenvalue weighted by molar-refractivity contribution is 0.116. The van der Waals surface area contributed by atoms with Crippen LogP contribution in [0.3, 0.4) is 0 Å². The van der Waals surface area contributed by atoms with Gasteiger partial charge in [0.25, 0.3) is 6.43 Å². The largest absolute Gasteiger partial charge is 0.319 e. The standard InChI is InChI=1S/C8H6F5N/c9-4-1-3(7(14)8(12)13)2-5(10)6(4)11/h1-2,7-8H,14H2. The molecule has 14 heavy (non-hydrogen) atoms. The van der Waals surface area contributed by atoms with Crippen LogP contribution in [-0.2, 0) is 0 Å². The van der Waals surface area contributed by atoms with E-state index in [0.717, 1.165) is 0 Å². The average molecular weight is 211 g/mol. The van der Waals surface area contributed by atoms with E-state index in [1.54, 1.807) is 0 Å². The third-order valence-corrected chi connectivity index (χ3v) is 1.66. The highest BCUT2D eigenvalue weighted by Gasteiger charge is 2.21. The van der Waals surface area contributed by atoms with Crippen LogP contribution in [0.25, 0.3) is 0 Å². The molecule has 6 heteroatoms. The maximum Gasteiger partial charge on any atom is 0.257 e. The summed E-state index contributed by atoms with van der Waals surface area (Å²) in [7, 11) is 0. The van der Waals surface area contributed by atoms with E-state index in [1.807, 2.05) is 0 Å². The van der Waals surface area contributed by atoms with Crippen molar-refractivity contribution in [3.63, 3.8) is 0 Å². The Balaban J connectivity index is 3.12. The van der Waals surface area contributed by atoms with Crippen molar-refractivity contribution in [2.45, 2.75) is 12.5 Å². The lowest BCUT2D eigenvalue weighted by atomic mass is 10.1. The van der Waals surface area contributed by atoms with Gasteiger partial charge in [-0.2, -0.15) is 0 Å². The molecule has 0 fully saturated rings. The second kappa shape index (κ2) is 3.91. The van der Waals surface area contributed by atoms with E-state index in [9.17, 15) is 22.0 Å². The van der Waals surface area contributed by atoms with E-state index in [4.69, 9.17) is 5.73 Å². The topological polar surface area (TPSA) is 26.0 Å². The van der Waals surface area contributed by atoms with Gasteiger partial charge in [0.05, 0.1) is 6.04 Å². The smallest absolute Gasteiger partial charge is 0.257 e. The van der Waals surface area contributed by atoms with Gasteiger partial charge in [-0.1, -0.05) is 0 Å². The van der Waals surface area contributed by atoms with E-state index in [0.29, 0.717) is 12.1 Å². The molecule has 0 aliphatic carbocycles. The molecule has 1 aromatic rings. The highest BCUT2D eigenvalue weighted by Crippen LogP contribution is 2.21. The van der Waals surface area contributed by atoms with Crippen molar-refractivity contribution < 1.29 is 22.0 Å². The molecule has 0 spiro atoms. The Morgan fingerprint density at radius 1 is 1.00 bits per heavy atom. The van der Waals surface area contributed by atoms with Gasteiger partial charge < -0.3 is 5.73 Å². The molecule has 0 saturated carbocycles. The molecule has 1 unspecified atom stereocenters. The highest BCUT2D eigenvalue weighted by atomic mass is 19.3. The summed E-state index contributed by atoms with van der Waals surface area (Å²) in [6.45, 7) is 0. The van der Waals surface area contributed by atoms with E-state index in [2.05, 4.69) is 0 Å². The molecule has 2 N–H and O–H groups in total. The second-order valence-corrected chi connectivity index (χ2v) is 2.66. The predicted molar refractivity (Wildman–Crippen MR) is 39.2 cm³/mol. The Labute approximate surface area is 76.3 Å². The van der Waals surface area contributed by atoms with Gasteiger partial charge in [-0.05, 0) is 17.7 Å². The first-order chi connectivity index (χ1) is 6.43. The molecule has 1 rings (SSSR count). The van der Waals surface area contributed by atoms with Crippen LogP contribution in [-0.4, -0.2) is 6.43 Å². The maximum atomic E-state index is 12.5. The Morgan fingerprint density at radius 2 is 1.43 bits per heavy atom. The fourth-order valence-electron chi connectivity index (χ4n) is 0.913. The number of hydrogen-bond acceptors (Lipinski definition) is 1. The average Bonchev–Trinajstić information content (AvgIpc) is 2.12. The summed E-state index contributed by atoms with van der Waals surface area (Å²) in [6.07, 6.45) is -2.96. The van der Waals surface area contributed by atoms with Gasteiger partial charge in [-0.15, -0.1) is 0 Å². The molecule has 1 nitrogen and oxygen atoms in total. The van der Waals surface area contributed by atoms with Gasteiger partial charge in [0.2, 0.25) is 0 Å². The summed E-state index contributed by atoms with van der Waals surface area (Å²) >= 11 is 0.